The lowest BCUT2D eigenvalue weighted by Gasteiger charge is -2.34. The van der Waals surface area contributed by atoms with E-state index in [0.717, 1.165) is 11.5 Å². The zero-order chi connectivity index (χ0) is 14.0. The molecular formula is C14H20N2O3. The summed E-state index contributed by atoms with van der Waals surface area (Å²) in [5, 5.41) is 18.9. The van der Waals surface area contributed by atoms with E-state index in [0.29, 0.717) is 25.4 Å². The molecule has 1 aromatic rings. The topological polar surface area (TPSA) is 73.7 Å². The van der Waals surface area contributed by atoms with E-state index >= 15 is 0 Å². The van der Waals surface area contributed by atoms with E-state index in [-0.39, 0.29) is 0 Å². The first-order valence-electron chi connectivity index (χ1n) is 6.62. The number of rotatable bonds is 3. The van der Waals surface area contributed by atoms with E-state index < -0.39 is 18.0 Å². The number of piperidine rings is 1. The van der Waals surface area contributed by atoms with Crippen LogP contribution >= 0.6 is 0 Å². The van der Waals surface area contributed by atoms with Crippen LogP contribution in [0.2, 0.25) is 0 Å². The molecule has 0 spiro atoms. The average molecular weight is 264 g/mol. The number of β-amino-alcohol motifs (C(OH)–C–C–N with tert-alkyl or cyclic N) is 1. The van der Waals surface area contributed by atoms with E-state index in [1.807, 2.05) is 23.1 Å². The van der Waals surface area contributed by atoms with E-state index in [1.54, 1.807) is 0 Å². The standard InChI is InChI=1S/C14H20N2O3/c1-9(2)11-4-3-5-13(15-11)16-7-6-10(14(18)19)12(17)8-16/h3-5,9-10,12,17H,6-8H2,1-2H3,(H,18,19)/t10-,12+/m0/s1. The van der Waals surface area contributed by atoms with Crippen LogP contribution in [0.1, 0.15) is 31.9 Å². The van der Waals surface area contributed by atoms with Crippen LogP contribution in [0.5, 0.6) is 0 Å². The van der Waals surface area contributed by atoms with Gasteiger partial charge in [-0.05, 0) is 24.5 Å². The molecule has 0 aromatic carbocycles. The number of hydrogen-bond acceptors (Lipinski definition) is 4. The monoisotopic (exact) mass is 264 g/mol. The van der Waals surface area contributed by atoms with Gasteiger partial charge in [0.05, 0.1) is 12.0 Å². The zero-order valence-electron chi connectivity index (χ0n) is 11.3. The maximum atomic E-state index is 11.0. The maximum Gasteiger partial charge on any atom is 0.309 e. The largest absolute Gasteiger partial charge is 0.481 e. The van der Waals surface area contributed by atoms with Crippen molar-refractivity contribution < 1.29 is 15.0 Å². The van der Waals surface area contributed by atoms with Crippen LogP contribution in [-0.2, 0) is 4.79 Å². The molecular weight excluding hydrogens is 244 g/mol. The number of nitrogens with zero attached hydrogens (tertiary/aromatic N) is 2. The van der Waals surface area contributed by atoms with Crippen LogP contribution in [0.15, 0.2) is 18.2 Å². The second-order valence-electron chi connectivity index (χ2n) is 5.32. The van der Waals surface area contributed by atoms with Gasteiger partial charge in [0, 0.05) is 18.8 Å². The molecule has 19 heavy (non-hydrogen) atoms. The van der Waals surface area contributed by atoms with Crippen LogP contribution < -0.4 is 4.90 Å². The minimum Gasteiger partial charge on any atom is -0.481 e. The van der Waals surface area contributed by atoms with E-state index in [1.165, 1.54) is 0 Å². The van der Waals surface area contributed by atoms with Gasteiger partial charge in [0.15, 0.2) is 0 Å². The molecule has 1 saturated heterocycles. The van der Waals surface area contributed by atoms with Gasteiger partial charge in [0.1, 0.15) is 5.82 Å². The Bertz CT molecular complexity index is 462. The maximum absolute atomic E-state index is 11.0. The smallest absolute Gasteiger partial charge is 0.309 e. The first kappa shape index (κ1) is 13.8. The third kappa shape index (κ3) is 3.04. The summed E-state index contributed by atoms with van der Waals surface area (Å²) < 4.78 is 0. The molecule has 2 heterocycles. The summed E-state index contributed by atoms with van der Waals surface area (Å²) in [6.07, 6.45) is -0.389. The molecule has 0 bridgehead atoms. The molecule has 0 amide bonds. The van der Waals surface area contributed by atoms with Crippen molar-refractivity contribution in [2.75, 3.05) is 18.0 Å². The number of carbonyl (C=O) groups is 1. The minimum atomic E-state index is -0.920. The number of pyridine rings is 1. The van der Waals surface area contributed by atoms with Gasteiger partial charge in [-0.15, -0.1) is 0 Å². The highest BCUT2D eigenvalue weighted by Crippen LogP contribution is 2.24. The van der Waals surface area contributed by atoms with E-state index in [2.05, 4.69) is 18.8 Å². The SMILES string of the molecule is CC(C)c1cccc(N2CC[C@H](C(=O)O)[C@H](O)C2)n1. The number of aliphatic hydroxyl groups excluding tert-OH is 1. The summed E-state index contributed by atoms with van der Waals surface area (Å²) in [5.41, 5.74) is 1.01. The Morgan fingerprint density at radius 3 is 2.79 bits per heavy atom. The van der Waals surface area contributed by atoms with Gasteiger partial charge >= 0.3 is 5.97 Å². The minimum absolute atomic E-state index is 0.325. The first-order valence-corrected chi connectivity index (χ1v) is 6.62. The molecule has 104 valence electrons. The van der Waals surface area contributed by atoms with Gasteiger partial charge in [-0.1, -0.05) is 19.9 Å². The molecule has 2 rings (SSSR count). The molecule has 1 aliphatic heterocycles. The van der Waals surface area contributed by atoms with Crippen molar-refractivity contribution in [3.05, 3.63) is 23.9 Å². The van der Waals surface area contributed by atoms with Gasteiger partial charge in [-0.25, -0.2) is 4.98 Å². The Kier molecular flexibility index (Phi) is 4.04. The summed E-state index contributed by atoms with van der Waals surface area (Å²) in [5.74, 6) is -0.420. The molecule has 0 radical (unpaired) electrons. The van der Waals surface area contributed by atoms with Crippen molar-refractivity contribution in [3.63, 3.8) is 0 Å². The quantitative estimate of drug-likeness (QED) is 0.865. The highest BCUT2D eigenvalue weighted by molar-refractivity contribution is 5.71. The lowest BCUT2D eigenvalue weighted by molar-refractivity contribution is -0.146. The van der Waals surface area contributed by atoms with Gasteiger partial charge in [-0.2, -0.15) is 0 Å². The Balaban J connectivity index is 2.12. The van der Waals surface area contributed by atoms with Crippen molar-refractivity contribution in [1.82, 2.24) is 4.98 Å². The predicted molar refractivity (Wildman–Crippen MR) is 72.3 cm³/mol. The van der Waals surface area contributed by atoms with Crippen molar-refractivity contribution in [2.24, 2.45) is 5.92 Å². The van der Waals surface area contributed by atoms with Crippen LogP contribution in [0.4, 0.5) is 5.82 Å². The number of aliphatic hydroxyl groups is 1. The van der Waals surface area contributed by atoms with Gasteiger partial charge < -0.3 is 15.1 Å². The lowest BCUT2D eigenvalue weighted by atomic mass is 9.94. The second kappa shape index (κ2) is 5.57. The number of anilines is 1. The fourth-order valence-electron chi connectivity index (χ4n) is 2.37. The van der Waals surface area contributed by atoms with Gasteiger partial charge in [-0.3, -0.25) is 4.79 Å². The van der Waals surface area contributed by atoms with E-state index in [9.17, 15) is 9.90 Å². The number of aromatic nitrogens is 1. The summed E-state index contributed by atoms with van der Waals surface area (Å²) >= 11 is 0. The fourth-order valence-corrected chi connectivity index (χ4v) is 2.37. The highest BCUT2D eigenvalue weighted by atomic mass is 16.4. The normalized spacial score (nSPS) is 23.7. The van der Waals surface area contributed by atoms with Crippen LogP contribution in [0.3, 0.4) is 0 Å². The summed E-state index contributed by atoms with van der Waals surface area (Å²) in [4.78, 5) is 17.5. The molecule has 2 N–H and O–H groups in total. The predicted octanol–water partition coefficient (Wildman–Crippen LogP) is 1.48. The third-order valence-electron chi connectivity index (χ3n) is 3.57. The molecule has 5 heteroatoms. The molecule has 2 atom stereocenters. The number of hydrogen-bond donors (Lipinski definition) is 2. The zero-order valence-corrected chi connectivity index (χ0v) is 11.3. The van der Waals surface area contributed by atoms with Gasteiger partial charge in [0.25, 0.3) is 0 Å². The molecule has 0 unspecified atom stereocenters. The van der Waals surface area contributed by atoms with E-state index in [4.69, 9.17) is 5.11 Å². The van der Waals surface area contributed by atoms with Crippen LogP contribution in [0.25, 0.3) is 0 Å². The Labute approximate surface area is 112 Å². The lowest BCUT2D eigenvalue weighted by Crippen LogP contribution is -2.47. The van der Waals surface area contributed by atoms with Crippen molar-refractivity contribution in [3.8, 4) is 0 Å². The van der Waals surface area contributed by atoms with Crippen molar-refractivity contribution in [1.29, 1.82) is 0 Å². The van der Waals surface area contributed by atoms with Gasteiger partial charge in [0.2, 0.25) is 0 Å². The average Bonchev–Trinajstić information content (AvgIpc) is 2.38. The van der Waals surface area contributed by atoms with Crippen molar-refractivity contribution in [2.45, 2.75) is 32.3 Å². The molecule has 1 aliphatic rings. The summed E-state index contributed by atoms with van der Waals surface area (Å²) in [6, 6.07) is 5.83. The third-order valence-corrected chi connectivity index (χ3v) is 3.57. The number of aliphatic carboxylic acids is 1. The summed E-state index contributed by atoms with van der Waals surface area (Å²) in [7, 11) is 0. The molecule has 0 aliphatic carbocycles. The first-order chi connectivity index (χ1) is 8.99. The van der Waals surface area contributed by atoms with Crippen LogP contribution in [-0.4, -0.2) is 40.4 Å². The molecule has 1 aromatic heterocycles. The second-order valence-corrected chi connectivity index (χ2v) is 5.32. The Morgan fingerprint density at radius 1 is 1.47 bits per heavy atom. The molecule has 0 saturated carbocycles. The fraction of sp³-hybridized carbons (Fsp3) is 0.571. The number of carboxylic acid groups (broad SMARTS) is 1. The van der Waals surface area contributed by atoms with Crippen molar-refractivity contribution >= 4 is 11.8 Å². The Hall–Kier alpha value is -1.62. The summed E-state index contributed by atoms with van der Waals surface area (Å²) in [6.45, 7) is 5.10. The number of carboxylic acids is 1. The Morgan fingerprint density at radius 2 is 2.21 bits per heavy atom. The molecule has 1 fully saturated rings. The van der Waals surface area contributed by atoms with Crippen LogP contribution in [0, 0.1) is 5.92 Å². The molecule has 5 nitrogen and oxygen atoms in total. The highest BCUT2D eigenvalue weighted by Gasteiger charge is 2.33.